The van der Waals surface area contributed by atoms with Crippen molar-refractivity contribution >= 4 is 40.9 Å². The number of aliphatic hydroxyl groups excluding tert-OH is 1. The fourth-order valence-electron chi connectivity index (χ4n) is 4.94. The first-order valence-corrected chi connectivity index (χ1v) is 12.7. The Morgan fingerprint density at radius 3 is 1.93 bits per heavy atom. The molecule has 40 heavy (non-hydrogen) atoms. The molecule has 0 saturated heterocycles. The summed E-state index contributed by atoms with van der Waals surface area (Å²) in [5, 5.41) is 9.92. The standard InChI is InChI=1S/C16H12N2O2.C16H10N2O2/c2*19-16-13-6-2-1-5-12(13)14(20-16)10-11-4-3-8-18-9-7-17-15(11)18/h1-10,16,19H;1-10H/b2*14-10-. The van der Waals surface area contributed by atoms with Crippen molar-refractivity contribution in [2.45, 2.75) is 6.29 Å². The van der Waals surface area contributed by atoms with E-state index in [4.69, 9.17) is 9.47 Å². The summed E-state index contributed by atoms with van der Waals surface area (Å²) in [5.74, 6) is 0.938. The summed E-state index contributed by atoms with van der Waals surface area (Å²) in [7, 11) is 0. The fraction of sp³-hybridized carbons (Fsp3) is 0.0312. The predicted octanol–water partition coefficient (Wildman–Crippen LogP) is 5.86. The minimum absolute atomic E-state index is 0.304. The molecule has 1 N–H and O–H groups in total. The molecule has 8 nitrogen and oxygen atoms in total. The van der Waals surface area contributed by atoms with E-state index in [0.29, 0.717) is 17.1 Å². The number of ether oxygens (including phenoxy) is 2. The zero-order valence-corrected chi connectivity index (χ0v) is 21.1. The molecular formula is C32H22N4O4. The number of imidazole rings is 2. The number of carbonyl (C=O) groups excluding carboxylic acids is 1. The van der Waals surface area contributed by atoms with Crippen LogP contribution in [0.25, 0.3) is 35.0 Å². The van der Waals surface area contributed by atoms with Gasteiger partial charge in [-0.3, -0.25) is 0 Å². The van der Waals surface area contributed by atoms with Crippen LogP contribution in [-0.2, 0) is 9.47 Å². The van der Waals surface area contributed by atoms with Gasteiger partial charge in [0, 0.05) is 65.0 Å². The van der Waals surface area contributed by atoms with Gasteiger partial charge in [0.05, 0.1) is 5.56 Å². The Hall–Kier alpha value is -5.47. The van der Waals surface area contributed by atoms with Crippen molar-refractivity contribution in [1.29, 1.82) is 0 Å². The van der Waals surface area contributed by atoms with Gasteiger partial charge in [-0.2, -0.15) is 0 Å². The third-order valence-electron chi connectivity index (χ3n) is 6.82. The minimum Gasteiger partial charge on any atom is -0.460 e. The first-order chi connectivity index (χ1) is 19.7. The van der Waals surface area contributed by atoms with Crippen LogP contribution < -0.4 is 0 Å². The molecule has 0 radical (unpaired) electrons. The van der Waals surface area contributed by atoms with Gasteiger partial charge in [0.1, 0.15) is 22.8 Å². The van der Waals surface area contributed by atoms with Gasteiger partial charge in [0.25, 0.3) is 0 Å². The van der Waals surface area contributed by atoms with Gasteiger partial charge in [-0.1, -0.05) is 42.5 Å². The van der Waals surface area contributed by atoms with E-state index in [0.717, 1.165) is 39.1 Å². The zero-order chi connectivity index (χ0) is 27.1. The zero-order valence-electron chi connectivity index (χ0n) is 21.1. The Morgan fingerprint density at radius 1 is 0.675 bits per heavy atom. The highest BCUT2D eigenvalue weighted by Crippen LogP contribution is 2.38. The van der Waals surface area contributed by atoms with E-state index in [1.165, 1.54) is 0 Å². The number of fused-ring (bicyclic) bond motifs is 4. The number of aliphatic hydroxyl groups is 1. The van der Waals surface area contributed by atoms with Gasteiger partial charge in [-0.05, 0) is 42.5 Å². The number of hydrogen-bond donors (Lipinski definition) is 1. The molecule has 0 amide bonds. The number of rotatable bonds is 2. The molecule has 6 heterocycles. The number of cyclic esters (lactones) is 1. The number of esters is 1. The van der Waals surface area contributed by atoms with E-state index in [-0.39, 0.29) is 5.97 Å². The smallest absolute Gasteiger partial charge is 0.344 e. The van der Waals surface area contributed by atoms with Crippen LogP contribution in [-0.4, -0.2) is 29.8 Å². The summed E-state index contributed by atoms with van der Waals surface area (Å²) in [6.07, 6.45) is 14.0. The number of hydrogen-bond acceptors (Lipinski definition) is 6. The van der Waals surface area contributed by atoms with Crippen LogP contribution in [0.5, 0.6) is 0 Å². The normalized spacial score (nSPS) is 17.4. The van der Waals surface area contributed by atoms with Gasteiger partial charge in [0.2, 0.25) is 6.29 Å². The molecule has 0 saturated carbocycles. The lowest BCUT2D eigenvalue weighted by molar-refractivity contribution is -0.0289. The van der Waals surface area contributed by atoms with E-state index < -0.39 is 6.29 Å². The van der Waals surface area contributed by atoms with E-state index in [2.05, 4.69) is 9.97 Å². The fourth-order valence-corrected chi connectivity index (χ4v) is 4.94. The van der Waals surface area contributed by atoms with Crippen molar-refractivity contribution in [3.8, 4) is 0 Å². The molecule has 8 heteroatoms. The molecule has 0 spiro atoms. The van der Waals surface area contributed by atoms with Crippen LogP contribution in [0.2, 0.25) is 0 Å². The van der Waals surface area contributed by atoms with Crippen molar-refractivity contribution in [3.63, 3.8) is 0 Å². The largest absolute Gasteiger partial charge is 0.460 e. The van der Waals surface area contributed by atoms with E-state index in [9.17, 15) is 9.90 Å². The molecular weight excluding hydrogens is 504 g/mol. The summed E-state index contributed by atoms with van der Waals surface area (Å²) in [6, 6.07) is 22.8. The second-order valence-corrected chi connectivity index (χ2v) is 9.25. The molecule has 0 fully saturated rings. The van der Waals surface area contributed by atoms with Crippen molar-refractivity contribution in [1.82, 2.24) is 18.8 Å². The topological polar surface area (TPSA) is 90.4 Å². The van der Waals surface area contributed by atoms with Gasteiger partial charge < -0.3 is 23.4 Å². The summed E-state index contributed by atoms with van der Waals surface area (Å²) in [5.41, 5.74) is 6.72. The highest BCUT2D eigenvalue weighted by Gasteiger charge is 2.26. The average molecular weight is 527 g/mol. The predicted molar refractivity (Wildman–Crippen MR) is 150 cm³/mol. The monoisotopic (exact) mass is 526 g/mol. The molecule has 2 aliphatic rings. The van der Waals surface area contributed by atoms with Crippen molar-refractivity contribution in [3.05, 3.63) is 143 Å². The van der Waals surface area contributed by atoms with Gasteiger partial charge in [-0.25, -0.2) is 14.8 Å². The number of pyridine rings is 2. The molecule has 1 atom stereocenters. The summed E-state index contributed by atoms with van der Waals surface area (Å²) in [4.78, 5) is 20.4. The van der Waals surface area contributed by atoms with Crippen LogP contribution in [0.3, 0.4) is 0 Å². The van der Waals surface area contributed by atoms with Crippen LogP contribution in [0.15, 0.2) is 110 Å². The Balaban J connectivity index is 0.000000132. The Bertz CT molecular complexity index is 1970. The molecule has 0 bridgehead atoms. The molecule has 4 aromatic heterocycles. The lowest BCUT2D eigenvalue weighted by Crippen LogP contribution is -1.92. The van der Waals surface area contributed by atoms with E-state index in [1.54, 1.807) is 18.5 Å². The van der Waals surface area contributed by atoms with Crippen molar-refractivity contribution in [2.24, 2.45) is 0 Å². The quantitative estimate of drug-likeness (QED) is 0.285. The average Bonchev–Trinajstić information content (AvgIpc) is 3.77. The number of carbonyl (C=O) groups is 1. The van der Waals surface area contributed by atoms with Crippen molar-refractivity contribution in [2.75, 3.05) is 0 Å². The molecule has 1 unspecified atom stereocenters. The highest BCUT2D eigenvalue weighted by molar-refractivity contribution is 6.06. The lowest BCUT2D eigenvalue weighted by atomic mass is 10.1. The third kappa shape index (κ3) is 4.13. The second-order valence-electron chi connectivity index (χ2n) is 9.25. The van der Waals surface area contributed by atoms with Crippen LogP contribution in [0, 0.1) is 0 Å². The third-order valence-corrected chi connectivity index (χ3v) is 6.82. The number of benzene rings is 2. The lowest BCUT2D eigenvalue weighted by Gasteiger charge is -2.04. The van der Waals surface area contributed by atoms with Gasteiger partial charge in [0.15, 0.2) is 0 Å². The maximum Gasteiger partial charge on any atom is 0.344 e. The minimum atomic E-state index is -0.892. The summed E-state index contributed by atoms with van der Waals surface area (Å²) in [6.45, 7) is 0. The maximum absolute atomic E-state index is 11.8. The maximum atomic E-state index is 11.8. The number of aromatic nitrogens is 4. The Labute approximate surface area is 228 Å². The van der Waals surface area contributed by atoms with Crippen LogP contribution in [0.1, 0.15) is 44.5 Å². The van der Waals surface area contributed by atoms with E-state index >= 15 is 0 Å². The summed E-state index contributed by atoms with van der Waals surface area (Å²) >= 11 is 0. The van der Waals surface area contributed by atoms with E-state index in [1.807, 2.05) is 112 Å². The summed E-state index contributed by atoms with van der Waals surface area (Å²) < 4.78 is 14.8. The van der Waals surface area contributed by atoms with Crippen LogP contribution in [0.4, 0.5) is 0 Å². The first-order valence-electron chi connectivity index (χ1n) is 12.7. The second kappa shape index (κ2) is 9.68. The highest BCUT2D eigenvalue weighted by atomic mass is 16.6. The van der Waals surface area contributed by atoms with Crippen molar-refractivity contribution < 1.29 is 19.4 Å². The van der Waals surface area contributed by atoms with Gasteiger partial charge in [-0.15, -0.1) is 0 Å². The Morgan fingerprint density at radius 2 is 1.25 bits per heavy atom. The molecule has 0 aliphatic carbocycles. The molecule has 8 rings (SSSR count). The molecule has 6 aromatic rings. The first kappa shape index (κ1) is 23.6. The molecule has 2 aliphatic heterocycles. The van der Waals surface area contributed by atoms with Crippen LogP contribution >= 0.6 is 0 Å². The number of nitrogens with zero attached hydrogens (tertiary/aromatic N) is 4. The van der Waals surface area contributed by atoms with Gasteiger partial charge >= 0.3 is 5.97 Å². The molecule has 2 aromatic carbocycles. The Kier molecular flexibility index (Phi) is 5.72. The molecule has 194 valence electrons. The SMILES string of the molecule is O=C1O/C(=C\c2cccn3ccnc23)c2ccccc21.OC1O/C(=C\c2cccn3ccnc23)c2ccccc21.